The second kappa shape index (κ2) is 11.5. The summed E-state index contributed by atoms with van der Waals surface area (Å²) in [5, 5.41) is 2.19. The van der Waals surface area contributed by atoms with E-state index in [0.717, 1.165) is 46.5 Å². The van der Waals surface area contributed by atoms with Crippen molar-refractivity contribution in [3.05, 3.63) is 112 Å². The zero-order valence-electron chi connectivity index (χ0n) is 20.5. The van der Waals surface area contributed by atoms with Crippen molar-refractivity contribution in [3.8, 4) is 0 Å². The van der Waals surface area contributed by atoms with E-state index in [1.54, 1.807) is 6.92 Å². The molecule has 3 aromatic carbocycles. The molecular weight excluding hydrogens is 482 g/mol. The van der Waals surface area contributed by atoms with Gasteiger partial charge in [-0.25, -0.2) is 4.98 Å². The van der Waals surface area contributed by atoms with Crippen LogP contribution < -0.4 is 0 Å². The van der Waals surface area contributed by atoms with Crippen molar-refractivity contribution in [2.45, 2.75) is 37.9 Å². The first-order chi connectivity index (χ1) is 17.5. The molecule has 4 heteroatoms. The number of ketones is 1. The number of halogens is 1. The number of pyridine rings is 1. The van der Waals surface area contributed by atoms with Gasteiger partial charge >= 0.3 is 0 Å². The molecule has 5 rings (SSSR count). The van der Waals surface area contributed by atoms with E-state index in [-0.39, 0.29) is 5.78 Å². The predicted molar refractivity (Wildman–Crippen MR) is 155 cm³/mol. The molecule has 0 saturated heterocycles. The molecule has 1 fully saturated rings. The number of benzene rings is 3. The monoisotopic (exact) mass is 511 g/mol. The fourth-order valence-corrected chi connectivity index (χ4v) is 6.12. The zero-order chi connectivity index (χ0) is 24.9. The molecular formula is C32H30ClNOS. The fourth-order valence-electron chi connectivity index (χ4n) is 4.49. The first-order valence-electron chi connectivity index (χ1n) is 12.6. The van der Waals surface area contributed by atoms with Crippen LogP contribution in [-0.2, 0) is 6.42 Å². The Morgan fingerprint density at radius 1 is 1.03 bits per heavy atom. The van der Waals surface area contributed by atoms with Crippen LogP contribution >= 0.6 is 23.4 Å². The normalized spacial score (nSPS) is 14.4. The number of aromatic nitrogens is 1. The summed E-state index contributed by atoms with van der Waals surface area (Å²) >= 11 is 8.22. The first-order valence-corrected chi connectivity index (χ1v) is 14.0. The van der Waals surface area contributed by atoms with Crippen LogP contribution in [0.15, 0.2) is 78.9 Å². The van der Waals surface area contributed by atoms with Crippen LogP contribution in [0.25, 0.3) is 23.1 Å². The van der Waals surface area contributed by atoms with Gasteiger partial charge in [-0.2, -0.15) is 11.8 Å². The van der Waals surface area contributed by atoms with Crippen molar-refractivity contribution in [2.75, 3.05) is 5.75 Å². The quantitative estimate of drug-likeness (QED) is 0.199. The molecule has 1 aliphatic carbocycles. The second-order valence-corrected chi connectivity index (χ2v) is 11.3. The van der Waals surface area contributed by atoms with Gasteiger partial charge in [-0.1, -0.05) is 78.3 Å². The predicted octanol–water partition coefficient (Wildman–Crippen LogP) is 9.08. The molecule has 0 N–H and O–H groups in total. The van der Waals surface area contributed by atoms with Crippen LogP contribution in [-0.4, -0.2) is 16.5 Å². The van der Waals surface area contributed by atoms with Crippen LogP contribution in [0.3, 0.4) is 0 Å². The highest BCUT2D eigenvalue weighted by Crippen LogP contribution is 2.41. The molecule has 182 valence electrons. The maximum Gasteiger partial charge on any atom is 0.160 e. The second-order valence-electron chi connectivity index (χ2n) is 9.59. The van der Waals surface area contributed by atoms with E-state index < -0.39 is 0 Å². The van der Waals surface area contributed by atoms with Gasteiger partial charge in [0.2, 0.25) is 0 Å². The summed E-state index contributed by atoms with van der Waals surface area (Å²) in [4.78, 5) is 16.8. The molecule has 0 unspecified atom stereocenters. The summed E-state index contributed by atoms with van der Waals surface area (Å²) in [6.07, 6.45) is 8.84. The van der Waals surface area contributed by atoms with Crippen molar-refractivity contribution in [3.63, 3.8) is 0 Å². The Morgan fingerprint density at radius 2 is 1.86 bits per heavy atom. The average molecular weight is 512 g/mol. The van der Waals surface area contributed by atoms with Gasteiger partial charge in [-0.05, 0) is 85.2 Å². The topological polar surface area (TPSA) is 30.0 Å². The van der Waals surface area contributed by atoms with E-state index in [1.807, 2.05) is 42.5 Å². The highest BCUT2D eigenvalue weighted by Gasteiger charge is 2.24. The van der Waals surface area contributed by atoms with Crippen LogP contribution in [0.5, 0.6) is 0 Å². The molecule has 1 aliphatic rings. The van der Waals surface area contributed by atoms with Gasteiger partial charge in [0.15, 0.2) is 5.78 Å². The van der Waals surface area contributed by atoms with Crippen molar-refractivity contribution in [1.29, 1.82) is 0 Å². The van der Waals surface area contributed by atoms with Gasteiger partial charge in [-0.3, -0.25) is 4.79 Å². The highest BCUT2D eigenvalue weighted by molar-refractivity contribution is 7.99. The number of carbonyl (C=O) groups is 1. The van der Waals surface area contributed by atoms with Crippen LogP contribution in [0.4, 0.5) is 0 Å². The van der Waals surface area contributed by atoms with Gasteiger partial charge in [0.05, 0.1) is 11.2 Å². The third-order valence-electron chi connectivity index (χ3n) is 6.71. The molecule has 0 radical (unpaired) electrons. The van der Waals surface area contributed by atoms with Gasteiger partial charge in [0.1, 0.15) is 0 Å². The maximum absolute atomic E-state index is 12.1. The first kappa shape index (κ1) is 24.8. The minimum absolute atomic E-state index is 0.143. The third-order valence-corrected chi connectivity index (χ3v) is 8.52. The smallest absolute Gasteiger partial charge is 0.160 e. The number of carbonyl (C=O) groups excluding carboxylic acids is 1. The van der Waals surface area contributed by atoms with E-state index >= 15 is 0 Å². The van der Waals surface area contributed by atoms with Crippen LogP contribution in [0.1, 0.15) is 64.2 Å². The number of Topliss-reactive ketones (excluding diaryl/α,β-unsaturated/α-hetero) is 1. The Kier molecular flexibility index (Phi) is 7.89. The number of aryl methyl sites for hydroxylation is 1. The number of fused-ring (bicyclic) bond motifs is 1. The lowest BCUT2D eigenvalue weighted by molar-refractivity contribution is 0.101. The summed E-state index contributed by atoms with van der Waals surface area (Å²) in [7, 11) is 0. The molecule has 0 bridgehead atoms. The molecule has 1 atom stereocenters. The van der Waals surface area contributed by atoms with Crippen LogP contribution in [0, 0.1) is 5.92 Å². The fraction of sp³-hybridized carbons (Fsp3) is 0.250. The van der Waals surface area contributed by atoms with Crippen molar-refractivity contribution >= 4 is 52.2 Å². The van der Waals surface area contributed by atoms with E-state index in [1.165, 1.54) is 29.7 Å². The maximum atomic E-state index is 12.1. The Bertz CT molecular complexity index is 1410. The lowest BCUT2D eigenvalue weighted by atomic mass is 9.97. The van der Waals surface area contributed by atoms with Gasteiger partial charge < -0.3 is 0 Å². The zero-order valence-corrected chi connectivity index (χ0v) is 22.1. The minimum Gasteiger partial charge on any atom is -0.295 e. The van der Waals surface area contributed by atoms with E-state index in [2.05, 4.69) is 60.3 Å². The van der Waals surface area contributed by atoms with Gasteiger partial charge in [0, 0.05) is 21.2 Å². The summed E-state index contributed by atoms with van der Waals surface area (Å²) < 4.78 is 0. The average Bonchev–Trinajstić information content (AvgIpc) is 3.72. The van der Waals surface area contributed by atoms with Gasteiger partial charge in [0.25, 0.3) is 0 Å². The highest BCUT2D eigenvalue weighted by atomic mass is 35.5. The summed E-state index contributed by atoms with van der Waals surface area (Å²) in [6, 6.07) is 26.8. The van der Waals surface area contributed by atoms with E-state index in [0.29, 0.717) is 10.3 Å². The molecule has 1 aromatic heterocycles. The molecule has 0 aliphatic heterocycles. The third kappa shape index (κ3) is 6.46. The Morgan fingerprint density at radius 3 is 2.69 bits per heavy atom. The molecule has 1 saturated carbocycles. The van der Waals surface area contributed by atoms with E-state index in [4.69, 9.17) is 16.6 Å². The molecule has 0 amide bonds. The SMILES string of the molecule is CC(=O)c1ccccc1CC[C@@H](SCC1CC1)c1cccc(/C=C/c2ccc3ccc(Cl)cc3n2)c1. The Balaban J connectivity index is 1.34. The Labute approximate surface area is 222 Å². The van der Waals surface area contributed by atoms with E-state index in [9.17, 15) is 4.79 Å². The largest absolute Gasteiger partial charge is 0.295 e. The number of thioether (sulfide) groups is 1. The number of hydrogen-bond acceptors (Lipinski definition) is 3. The molecule has 1 heterocycles. The Hall–Kier alpha value is -2.88. The standard InChI is InChI=1S/C32H30ClNOS/c1-22(35)30-8-3-2-6-25(30)14-18-32(36-21-24-9-10-24)27-7-4-5-23(19-27)11-16-29-17-13-26-12-15-28(33)20-31(26)34-29/h2-8,11-13,15-17,19-20,24,32H,9-10,14,18,21H2,1H3/b16-11+/t32-/m1/s1. The van der Waals surface area contributed by atoms with Crippen molar-refractivity contribution in [1.82, 2.24) is 4.98 Å². The van der Waals surface area contributed by atoms with Crippen molar-refractivity contribution in [2.24, 2.45) is 5.92 Å². The number of nitrogens with zero attached hydrogens (tertiary/aromatic N) is 1. The molecule has 2 nitrogen and oxygen atoms in total. The minimum atomic E-state index is 0.143. The van der Waals surface area contributed by atoms with Gasteiger partial charge in [-0.15, -0.1) is 0 Å². The lowest BCUT2D eigenvalue weighted by Gasteiger charge is -2.18. The molecule has 36 heavy (non-hydrogen) atoms. The summed E-state index contributed by atoms with van der Waals surface area (Å²) in [5.74, 6) is 2.23. The number of rotatable bonds is 10. The van der Waals surface area contributed by atoms with Crippen molar-refractivity contribution < 1.29 is 4.79 Å². The molecule has 0 spiro atoms. The molecule has 4 aromatic rings. The summed E-state index contributed by atoms with van der Waals surface area (Å²) in [5.41, 5.74) is 6.34. The lowest BCUT2D eigenvalue weighted by Crippen LogP contribution is -2.03. The number of hydrogen-bond donors (Lipinski definition) is 0. The van der Waals surface area contributed by atoms with Crippen LogP contribution in [0.2, 0.25) is 5.02 Å². The summed E-state index contributed by atoms with van der Waals surface area (Å²) in [6.45, 7) is 1.66.